The highest BCUT2D eigenvalue weighted by Crippen LogP contribution is 2.32. The van der Waals surface area contributed by atoms with E-state index in [1.165, 1.54) is 0 Å². The number of ether oxygens (including phenoxy) is 1. The van der Waals surface area contributed by atoms with Gasteiger partial charge in [-0.25, -0.2) is 0 Å². The topological polar surface area (TPSA) is 49.8 Å². The summed E-state index contributed by atoms with van der Waals surface area (Å²) in [5, 5.41) is 9.28. The second-order valence-electron chi connectivity index (χ2n) is 5.19. The maximum Gasteiger partial charge on any atom is 0.308 e. The van der Waals surface area contributed by atoms with Crippen molar-refractivity contribution < 1.29 is 14.6 Å². The van der Waals surface area contributed by atoms with E-state index in [4.69, 9.17) is 4.74 Å². The molecule has 1 saturated heterocycles. The van der Waals surface area contributed by atoms with Gasteiger partial charge in [-0.2, -0.15) is 0 Å². The fraction of sp³-hybridized carbons (Fsp3) is 0.533. The zero-order chi connectivity index (χ0) is 13.8. The lowest BCUT2D eigenvalue weighted by molar-refractivity contribution is -0.141. The van der Waals surface area contributed by atoms with Gasteiger partial charge >= 0.3 is 5.97 Å². The summed E-state index contributed by atoms with van der Waals surface area (Å²) in [6, 6.07) is 7.85. The number of carbonyl (C=O) groups is 1. The van der Waals surface area contributed by atoms with Gasteiger partial charge in [0.25, 0.3) is 0 Å². The number of likely N-dealkylation sites (N-methyl/N-ethyl adjacent to an activating group) is 1. The SMILES string of the molecule is CCCOc1ccc([C@H]2CN(C)C[C@@H]2C(=O)O)cc1. The number of hydrogen-bond acceptors (Lipinski definition) is 3. The van der Waals surface area contributed by atoms with Crippen LogP contribution in [0.15, 0.2) is 24.3 Å². The standard InChI is InChI=1S/C15H21NO3/c1-3-8-19-12-6-4-11(5-7-12)13-9-16(2)10-14(13)15(17)18/h4-7,13-14H,3,8-10H2,1-2H3,(H,17,18)/t13-,14+/m1/s1. The highest BCUT2D eigenvalue weighted by molar-refractivity contribution is 5.72. The van der Waals surface area contributed by atoms with Crippen LogP contribution in [0.3, 0.4) is 0 Å². The van der Waals surface area contributed by atoms with Crippen LogP contribution in [0.25, 0.3) is 0 Å². The summed E-state index contributed by atoms with van der Waals surface area (Å²) >= 11 is 0. The fourth-order valence-corrected chi connectivity index (χ4v) is 2.62. The second-order valence-corrected chi connectivity index (χ2v) is 5.19. The quantitative estimate of drug-likeness (QED) is 0.885. The number of carboxylic acids is 1. The second kappa shape index (κ2) is 6.06. The largest absolute Gasteiger partial charge is 0.494 e. The van der Waals surface area contributed by atoms with Gasteiger partial charge in [-0.15, -0.1) is 0 Å². The van der Waals surface area contributed by atoms with Crippen LogP contribution in [0.1, 0.15) is 24.8 Å². The van der Waals surface area contributed by atoms with Crippen LogP contribution in [0.2, 0.25) is 0 Å². The number of rotatable bonds is 5. The average Bonchev–Trinajstić information content (AvgIpc) is 2.79. The Labute approximate surface area is 114 Å². The van der Waals surface area contributed by atoms with E-state index in [0.29, 0.717) is 13.2 Å². The predicted molar refractivity (Wildman–Crippen MR) is 73.6 cm³/mol. The molecule has 1 fully saturated rings. The Bertz CT molecular complexity index is 430. The van der Waals surface area contributed by atoms with E-state index in [9.17, 15) is 9.90 Å². The van der Waals surface area contributed by atoms with Crippen molar-refractivity contribution in [1.29, 1.82) is 0 Å². The third-order valence-electron chi connectivity index (χ3n) is 3.60. The molecular weight excluding hydrogens is 242 g/mol. The van der Waals surface area contributed by atoms with Crippen LogP contribution in [0.5, 0.6) is 5.75 Å². The van der Waals surface area contributed by atoms with Crippen molar-refractivity contribution in [3.05, 3.63) is 29.8 Å². The lowest BCUT2D eigenvalue weighted by Crippen LogP contribution is -2.21. The number of likely N-dealkylation sites (tertiary alicyclic amines) is 1. The van der Waals surface area contributed by atoms with Gasteiger partial charge in [0, 0.05) is 19.0 Å². The summed E-state index contributed by atoms with van der Waals surface area (Å²) in [6.07, 6.45) is 0.982. The highest BCUT2D eigenvalue weighted by Gasteiger charge is 2.36. The summed E-state index contributed by atoms with van der Waals surface area (Å²) in [5.41, 5.74) is 1.08. The third kappa shape index (κ3) is 3.26. The zero-order valence-electron chi connectivity index (χ0n) is 11.5. The first kappa shape index (κ1) is 13.9. The summed E-state index contributed by atoms with van der Waals surface area (Å²) < 4.78 is 5.54. The molecule has 0 aliphatic carbocycles. The summed E-state index contributed by atoms with van der Waals surface area (Å²) in [6.45, 7) is 4.20. The Morgan fingerprint density at radius 3 is 2.63 bits per heavy atom. The molecule has 0 bridgehead atoms. The van der Waals surface area contributed by atoms with Gasteiger partial charge in [-0.05, 0) is 31.2 Å². The minimum atomic E-state index is -0.708. The molecule has 0 spiro atoms. The Hall–Kier alpha value is -1.55. The third-order valence-corrected chi connectivity index (χ3v) is 3.60. The van der Waals surface area contributed by atoms with Crippen molar-refractivity contribution in [2.24, 2.45) is 5.92 Å². The molecule has 1 aromatic rings. The first-order valence-corrected chi connectivity index (χ1v) is 6.76. The minimum Gasteiger partial charge on any atom is -0.494 e. The van der Waals surface area contributed by atoms with E-state index in [0.717, 1.165) is 24.3 Å². The molecule has 19 heavy (non-hydrogen) atoms. The minimum absolute atomic E-state index is 0.0720. The van der Waals surface area contributed by atoms with Crippen LogP contribution in [0, 0.1) is 5.92 Å². The summed E-state index contributed by atoms with van der Waals surface area (Å²) in [7, 11) is 1.97. The Kier molecular flexibility index (Phi) is 4.43. The average molecular weight is 263 g/mol. The van der Waals surface area contributed by atoms with Crippen LogP contribution in [-0.2, 0) is 4.79 Å². The molecule has 0 unspecified atom stereocenters. The lowest BCUT2D eigenvalue weighted by Gasteiger charge is -2.15. The molecule has 2 rings (SSSR count). The van der Waals surface area contributed by atoms with Crippen molar-refractivity contribution in [2.75, 3.05) is 26.7 Å². The fourth-order valence-electron chi connectivity index (χ4n) is 2.62. The normalized spacial score (nSPS) is 23.5. The molecule has 1 heterocycles. The molecule has 2 atom stereocenters. The highest BCUT2D eigenvalue weighted by atomic mass is 16.5. The number of hydrogen-bond donors (Lipinski definition) is 1. The Morgan fingerprint density at radius 2 is 2.05 bits per heavy atom. The smallest absolute Gasteiger partial charge is 0.308 e. The van der Waals surface area contributed by atoms with Gasteiger partial charge in [-0.1, -0.05) is 19.1 Å². The zero-order valence-corrected chi connectivity index (χ0v) is 11.5. The molecule has 1 aliphatic heterocycles. The number of nitrogens with zero attached hydrogens (tertiary/aromatic N) is 1. The maximum atomic E-state index is 11.3. The van der Waals surface area contributed by atoms with Crippen LogP contribution < -0.4 is 4.74 Å². The molecule has 1 aromatic carbocycles. The number of aliphatic carboxylic acids is 1. The molecule has 1 aliphatic rings. The van der Waals surface area contributed by atoms with Gasteiger partial charge in [0.2, 0.25) is 0 Å². The summed E-state index contributed by atoms with van der Waals surface area (Å²) in [5.74, 6) is -0.0976. The Balaban J connectivity index is 2.10. The molecular formula is C15H21NO3. The van der Waals surface area contributed by atoms with Gasteiger partial charge in [0.1, 0.15) is 5.75 Å². The molecule has 0 aromatic heterocycles. The number of benzene rings is 1. The van der Waals surface area contributed by atoms with Crippen molar-refractivity contribution in [3.63, 3.8) is 0 Å². The molecule has 0 radical (unpaired) electrons. The van der Waals surface area contributed by atoms with E-state index < -0.39 is 5.97 Å². The maximum absolute atomic E-state index is 11.3. The van der Waals surface area contributed by atoms with E-state index >= 15 is 0 Å². The van der Waals surface area contributed by atoms with E-state index in [-0.39, 0.29) is 11.8 Å². The monoisotopic (exact) mass is 263 g/mol. The molecule has 0 amide bonds. The lowest BCUT2D eigenvalue weighted by atomic mass is 9.89. The van der Waals surface area contributed by atoms with Crippen LogP contribution >= 0.6 is 0 Å². The first-order chi connectivity index (χ1) is 9.11. The molecule has 4 heteroatoms. The predicted octanol–water partition coefficient (Wildman–Crippen LogP) is 2.21. The molecule has 4 nitrogen and oxygen atoms in total. The van der Waals surface area contributed by atoms with Crippen molar-refractivity contribution in [2.45, 2.75) is 19.3 Å². The van der Waals surface area contributed by atoms with Crippen LogP contribution in [0.4, 0.5) is 0 Å². The van der Waals surface area contributed by atoms with Gasteiger partial charge in [-0.3, -0.25) is 4.79 Å². The van der Waals surface area contributed by atoms with Gasteiger partial charge < -0.3 is 14.7 Å². The molecule has 1 N–H and O–H groups in total. The number of carboxylic acid groups (broad SMARTS) is 1. The van der Waals surface area contributed by atoms with E-state index in [2.05, 4.69) is 11.8 Å². The van der Waals surface area contributed by atoms with E-state index in [1.54, 1.807) is 0 Å². The van der Waals surface area contributed by atoms with Crippen LogP contribution in [-0.4, -0.2) is 42.7 Å². The molecule has 0 saturated carbocycles. The van der Waals surface area contributed by atoms with Crippen molar-refractivity contribution >= 4 is 5.97 Å². The van der Waals surface area contributed by atoms with E-state index in [1.807, 2.05) is 31.3 Å². The van der Waals surface area contributed by atoms with Crippen molar-refractivity contribution in [3.8, 4) is 5.75 Å². The summed E-state index contributed by atoms with van der Waals surface area (Å²) in [4.78, 5) is 13.4. The molecule has 104 valence electrons. The van der Waals surface area contributed by atoms with Gasteiger partial charge in [0.15, 0.2) is 0 Å². The van der Waals surface area contributed by atoms with Crippen molar-refractivity contribution in [1.82, 2.24) is 4.90 Å². The Morgan fingerprint density at radius 1 is 1.37 bits per heavy atom. The van der Waals surface area contributed by atoms with Gasteiger partial charge in [0.05, 0.1) is 12.5 Å². The first-order valence-electron chi connectivity index (χ1n) is 6.76.